The number of hydrogen-bond acceptors (Lipinski definition) is 3. The molecule has 1 heterocycles. The predicted octanol–water partition coefficient (Wildman–Crippen LogP) is 4.14. The number of nitrogens with zero attached hydrogens (tertiary/aromatic N) is 1. The minimum absolute atomic E-state index is 0.139. The summed E-state index contributed by atoms with van der Waals surface area (Å²) >= 11 is 1.74. The first kappa shape index (κ1) is 14.3. The Kier molecular flexibility index (Phi) is 3.82. The molecule has 0 aromatic carbocycles. The highest BCUT2D eigenvalue weighted by Gasteiger charge is 2.49. The Morgan fingerprint density at radius 2 is 2.00 bits per heavy atom. The van der Waals surface area contributed by atoms with E-state index in [9.17, 15) is 10.1 Å². The minimum Gasteiger partial charge on any atom is -0.297 e. The van der Waals surface area contributed by atoms with E-state index < -0.39 is 5.41 Å². The molecule has 0 aliphatic heterocycles. The van der Waals surface area contributed by atoms with Crippen LogP contribution in [0, 0.1) is 22.2 Å². The summed E-state index contributed by atoms with van der Waals surface area (Å²) in [6, 6.07) is 6.55. The molecule has 2 rings (SSSR count). The fourth-order valence-electron chi connectivity index (χ4n) is 3.03. The Morgan fingerprint density at radius 3 is 2.58 bits per heavy atom. The smallest absolute Gasteiger partial charge is 0.159 e. The number of carbonyl (C=O) groups is 1. The van der Waals surface area contributed by atoms with Crippen LogP contribution in [0.5, 0.6) is 0 Å². The monoisotopic (exact) mass is 275 g/mol. The van der Waals surface area contributed by atoms with Crippen LogP contribution in [0.15, 0.2) is 12.1 Å². The normalized spacial score (nSPS) is 26.1. The van der Waals surface area contributed by atoms with Crippen molar-refractivity contribution in [2.75, 3.05) is 0 Å². The van der Waals surface area contributed by atoms with Gasteiger partial charge in [0.05, 0.1) is 6.07 Å². The molecule has 0 spiro atoms. The summed E-state index contributed by atoms with van der Waals surface area (Å²) in [5.41, 5.74) is -1.14. The molecule has 1 aromatic heterocycles. The van der Waals surface area contributed by atoms with Gasteiger partial charge in [0.15, 0.2) is 5.78 Å². The van der Waals surface area contributed by atoms with Gasteiger partial charge in [0.25, 0.3) is 0 Å². The number of hydrogen-bond donors (Lipinski definition) is 0. The maximum absolute atomic E-state index is 12.7. The van der Waals surface area contributed by atoms with Gasteiger partial charge in [-0.3, -0.25) is 4.79 Å². The predicted molar refractivity (Wildman–Crippen MR) is 78.1 cm³/mol. The molecule has 3 heteroatoms. The van der Waals surface area contributed by atoms with Crippen molar-refractivity contribution in [1.82, 2.24) is 0 Å². The van der Waals surface area contributed by atoms with Crippen LogP contribution in [0.2, 0.25) is 0 Å². The lowest BCUT2D eigenvalue weighted by atomic mass is 9.61. The van der Waals surface area contributed by atoms with Crippen molar-refractivity contribution in [1.29, 1.82) is 5.26 Å². The molecule has 1 atom stereocenters. The molecule has 1 aromatic rings. The second-order valence-electron chi connectivity index (χ2n) is 6.16. The van der Waals surface area contributed by atoms with E-state index in [1.54, 1.807) is 11.3 Å². The number of thiophene rings is 1. The molecule has 19 heavy (non-hydrogen) atoms. The van der Waals surface area contributed by atoms with Gasteiger partial charge >= 0.3 is 0 Å². The van der Waals surface area contributed by atoms with E-state index in [0.29, 0.717) is 12.8 Å². The molecule has 2 nitrogen and oxygen atoms in total. The highest BCUT2D eigenvalue weighted by atomic mass is 32.1. The van der Waals surface area contributed by atoms with Crippen molar-refractivity contribution in [3.05, 3.63) is 21.9 Å². The number of carbonyl (C=O) groups excluding carboxylic acids is 1. The molecule has 0 radical (unpaired) electrons. The molecule has 102 valence electrons. The largest absolute Gasteiger partial charge is 0.297 e. The van der Waals surface area contributed by atoms with E-state index in [2.05, 4.69) is 25.1 Å². The van der Waals surface area contributed by atoms with E-state index in [0.717, 1.165) is 19.3 Å². The van der Waals surface area contributed by atoms with Crippen molar-refractivity contribution >= 4 is 17.1 Å². The SMILES string of the molecule is CCc1ccc(CC2(C#N)CCCC(C)(C)C2=O)s1. The van der Waals surface area contributed by atoms with Crippen LogP contribution in [-0.2, 0) is 17.6 Å². The van der Waals surface area contributed by atoms with Crippen LogP contribution in [0.4, 0.5) is 0 Å². The van der Waals surface area contributed by atoms with Crippen molar-refractivity contribution < 1.29 is 4.79 Å². The summed E-state index contributed by atoms with van der Waals surface area (Å²) in [5, 5.41) is 9.60. The summed E-state index contributed by atoms with van der Waals surface area (Å²) in [4.78, 5) is 15.2. The molecular weight excluding hydrogens is 254 g/mol. The lowest BCUT2D eigenvalue weighted by Gasteiger charge is -2.38. The van der Waals surface area contributed by atoms with Crippen molar-refractivity contribution in [2.45, 2.75) is 52.9 Å². The second kappa shape index (κ2) is 5.09. The molecule has 0 bridgehead atoms. The van der Waals surface area contributed by atoms with Crippen LogP contribution in [-0.4, -0.2) is 5.78 Å². The molecule has 1 aliphatic rings. The fourth-order valence-corrected chi connectivity index (χ4v) is 4.10. The Hall–Kier alpha value is -1.14. The fraction of sp³-hybridized carbons (Fsp3) is 0.625. The third-order valence-electron chi connectivity index (χ3n) is 4.21. The van der Waals surface area contributed by atoms with E-state index in [-0.39, 0.29) is 11.2 Å². The zero-order valence-electron chi connectivity index (χ0n) is 12.0. The summed E-state index contributed by atoms with van der Waals surface area (Å²) < 4.78 is 0. The van der Waals surface area contributed by atoms with Gasteiger partial charge in [0.1, 0.15) is 5.41 Å². The zero-order chi connectivity index (χ0) is 14.1. The van der Waals surface area contributed by atoms with Gasteiger partial charge < -0.3 is 0 Å². The molecule has 0 N–H and O–H groups in total. The lowest BCUT2D eigenvalue weighted by molar-refractivity contribution is -0.138. The zero-order valence-corrected chi connectivity index (χ0v) is 12.8. The first-order chi connectivity index (χ1) is 8.93. The minimum atomic E-state index is -0.794. The van der Waals surface area contributed by atoms with Crippen LogP contribution in [0.25, 0.3) is 0 Å². The molecule has 1 fully saturated rings. The summed E-state index contributed by atoms with van der Waals surface area (Å²) in [5.74, 6) is 0.139. The van der Waals surface area contributed by atoms with Crippen molar-refractivity contribution in [3.63, 3.8) is 0 Å². The van der Waals surface area contributed by atoms with Gasteiger partial charge in [-0.15, -0.1) is 11.3 Å². The van der Waals surface area contributed by atoms with E-state index in [1.807, 2.05) is 13.8 Å². The average molecular weight is 275 g/mol. The molecular formula is C16H21NOS. The molecule has 1 unspecified atom stereocenters. The first-order valence-electron chi connectivity index (χ1n) is 6.97. The van der Waals surface area contributed by atoms with Crippen molar-refractivity contribution in [2.24, 2.45) is 10.8 Å². The van der Waals surface area contributed by atoms with Gasteiger partial charge in [-0.1, -0.05) is 27.2 Å². The highest BCUT2D eigenvalue weighted by Crippen LogP contribution is 2.45. The van der Waals surface area contributed by atoms with Gasteiger partial charge in [0, 0.05) is 21.6 Å². The third-order valence-corrected chi connectivity index (χ3v) is 5.44. The molecule has 1 aliphatic carbocycles. The number of Topliss-reactive ketones (excluding diaryl/α,β-unsaturated/α-hetero) is 1. The molecule has 0 saturated heterocycles. The lowest BCUT2D eigenvalue weighted by Crippen LogP contribution is -2.44. The van der Waals surface area contributed by atoms with Gasteiger partial charge in [0.2, 0.25) is 0 Å². The molecule has 1 saturated carbocycles. The van der Waals surface area contributed by atoms with Crippen LogP contribution in [0.1, 0.15) is 49.8 Å². The second-order valence-corrected chi connectivity index (χ2v) is 7.41. The van der Waals surface area contributed by atoms with E-state index in [1.165, 1.54) is 9.75 Å². The van der Waals surface area contributed by atoms with Crippen LogP contribution < -0.4 is 0 Å². The van der Waals surface area contributed by atoms with Crippen LogP contribution in [0.3, 0.4) is 0 Å². The summed E-state index contributed by atoms with van der Waals surface area (Å²) in [6.07, 6.45) is 4.20. The number of aryl methyl sites for hydroxylation is 1. The number of rotatable bonds is 3. The Bertz CT molecular complexity index is 523. The van der Waals surface area contributed by atoms with Gasteiger partial charge in [-0.2, -0.15) is 5.26 Å². The number of ketones is 1. The van der Waals surface area contributed by atoms with Gasteiger partial charge in [-0.25, -0.2) is 0 Å². The Balaban J connectivity index is 2.28. The topological polar surface area (TPSA) is 40.9 Å². The quantitative estimate of drug-likeness (QED) is 0.831. The molecule has 0 amide bonds. The summed E-state index contributed by atoms with van der Waals surface area (Å²) in [6.45, 7) is 6.09. The first-order valence-corrected chi connectivity index (χ1v) is 7.79. The maximum atomic E-state index is 12.7. The highest BCUT2D eigenvalue weighted by molar-refractivity contribution is 7.12. The summed E-state index contributed by atoms with van der Waals surface area (Å²) in [7, 11) is 0. The Labute approximate surface area is 119 Å². The Morgan fingerprint density at radius 1 is 1.32 bits per heavy atom. The van der Waals surface area contributed by atoms with E-state index >= 15 is 0 Å². The van der Waals surface area contributed by atoms with Crippen LogP contribution >= 0.6 is 11.3 Å². The van der Waals surface area contributed by atoms with Gasteiger partial charge in [-0.05, 0) is 31.4 Å². The van der Waals surface area contributed by atoms with E-state index in [4.69, 9.17) is 0 Å². The number of nitriles is 1. The standard InChI is InChI=1S/C16H21NOS/c1-4-12-6-7-13(19-12)10-16(11-17)9-5-8-15(2,3)14(16)18/h6-7H,4-5,8-10H2,1-3H3. The average Bonchev–Trinajstić information content (AvgIpc) is 2.82. The van der Waals surface area contributed by atoms with Crippen molar-refractivity contribution in [3.8, 4) is 6.07 Å². The third kappa shape index (κ3) is 2.60. The maximum Gasteiger partial charge on any atom is 0.159 e.